The van der Waals surface area contributed by atoms with Gasteiger partial charge in [-0.15, -0.1) is 0 Å². The van der Waals surface area contributed by atoms with Crippen molar-refractivity contribution in [2.45, 2.75) is 38.6 Å². The van der Waals surface area contributed by atoms with E-state index in [1.165, 1.54) is 32.4 Å². The van der Waals surface area contributed by atoms with Crippen molar-refractivity contribution in [3.8, 4) is 0 Å². The zero-order valence-corrected chi connectivity index (χ0v) is 8.92. The minimum atomic E-state index is 0.184. The molecule has 0 spiro atoms. The van der Waals surface area contributed by atoms with Gasteiger partial charge in [0.15, 0.2) is 0 Å². The molecule has 2 heteroatoms. The van der Waals surface area contributed by atoms with Crippen LogP contribution in [0.2, 0.25) is 0 Å². The summed E-state index contributed by atoms with van der Waals surface area (Å²) in [6.07, 6.45) is 3.83. The summed E-state index contributed by atoms with van der Waals surface area (Å²) in [7, 11) is 0. The van der Waals surface area contributed by atoms with Gasteiger partial charge in [-0.3, -0.25) is 0 Å². The molecular formula is C11H22N2. The third kappa shape index (κ3) is 1.89. The fourth-order valence-electron chi connectivity index (χ4n) is 2.61. The Morgan fingerprint density at radius 3 is 2.15 bits per heavy atom. The quantitative estimate of drug-likeness (QED) is 0.700. The average Bonchev–Trinajstić information content (AvgIpc) is 2.28. The van der Waals surface area contributed by atoms with Crippen molar-refractivity contribution in [3.63, 3.8) is 0 Å². The number of rotatable bonds is 2. The Labute approximate surface area is 81.5 Å². The van der Waals surface area contributed by atoms with Gasteiger partial charge in [0.1, 0.15) is 0 Å². The zero-order valence-electron chi connectivity index (χ0n) is 8.92. The number of likely N-dealkylation sites (tertiary alicyclic amines) is 1. The van der Waals surface area contributed by atoms with Crippen molar-refractivity contribution < 1.29 is 0 Å². The van der Waals surface area contributed by atoms with E-state index in [0.717, 1.165) is 18.4 Å². The predicted molar refractivity (Wildman–Crippen MR) is 55.5 cm³/mol. The Bertz CT molecular complexity index is 177. The smallest absolute Gasteiger partial charge is 0.0283 e. The van der Waals surface area contributed by atoms with Gasteiger partial charge >= 0.3 is 0 Å². The monoisotopic (exact) mass is 182 g/mol. The Morgan fingerprint density at radius 2 is 1.77 bits per heavy atom. The summed E-state index contributed by atoms with van der Waals surface area (Å²) in [4.78, 5) is 2.56. The van der Waals surface area contributed by atoms with E-state index in [2.05, 4.69) is 18.7 Å². The molecule has 0 amide bonds. The number of hydrogen-bond acceptors (Lipinski definition) is 2. The molecule has 2 nitrogen and oxygen atoms in total. The lowest BCUT2D eigenvalue weighted by Crippen LogP contribution is -2.54. The maximum Gasteiger partial charge on any atom is 0.0283 e. The van der Waals surface area contributed by atoms with E-state index in [9.17, 15) is 0 Å². The first-order valence-corrected chi connectivity index (χ1v) is 5.60. The second-order valence-electron chi connectivity index (χ2n) is 5.36. The van der Waals surface area contributed by atoms with Gasteiger partial charge in [-0.05, 0) is 31.1 Å². The van der Waals surface area contributed by atoms with Crippen LogP contribution in [0.1, 0.15) is 33.1 Å². The average molecular weight is 182 g/mol. The topological polar surface area (TPSA) is 29.3 Å². The van der Waals surface area contributed by atoms with Gasteiger partial charge in [0.05, 0.1) is 0 Å². The molecular weight excluding hydrogens is 160 g/mol. The van der Waals surface area contributed by atoms with Crippen LogP contribution in [-0.2, 0) is 0 Å². The van der Waals surface area contributed by atoms with Crippen LogP contribution in [-0.4, -0.2) is 30.1 Å². The van der Waals surface area contributed by atoms with Crippen LogP contribution in [0.5, 0.6) is 0 Å². The molecule has 0 aromatic rings. The molecule has 0 radical (unpaired) electrons. The van der Waals surface area contributed by atoms with E-state index >= 15 is 0 Å². The highest BCUT2D eigenvalue weighted by molar-refractivity contribution is 4.96. The summed E-state index contributed by atoms with van der Waals surface area (Å²) in [6.45, 7) is 8.38. The van der Waals surface area contributed by atoms with Crippen LogP contribution in [0, 0.1) is 11.8 Å². The summed E-state index contributed by atoms with van der Waals surface area (Å²) in [6, 6.07) is 0. The van der Waals surface area contributed by atoms with Crippen molar-refractivity contribution in [2.24, 2.45) is 17.6 Å². The molecule has 1 aliphatic carbocycles. The lowest BCUT2D eigenvalue weighted by Gasteiger charge is -2.41. The van der Waals surface area contributed by atoms with Crippen molar-refractivity contribution >= 4 is 0 Å². The molecule has 1 heterocycles. The first-order chi connectivity index (χ1) is 6.09. The van der Waals surface area contributed by atoms with Gasteiger partial charge < -0.3 is 10.6 Å². The van der Waals surface area contributed by atoms with Gasteiger partial charge in [-0.25, -0.2) is 0 Å². The fourth-order valence-corrected chi connectivity index (χ4v) is 2.61. The molecule has 2 unspecified atom stereocenters. The molecule has 2 rings (SSSR count). The molecule has 0 bridgehead atoms. The number of nitrogens with zero attached hydrogens (tertiary/aromatic N) is 1. The minimum absolute atomic E-state index is 0.184. The van der Waals surface area contributed by atoms with E-state index in [0.29, 0.717) is 0 Å². The Balaban J connectivity index is 1.83. The number of hydrogen-bond donors (Lipinski definition) is 1. The predicted octanol–water partition coefficient (Wildman–Crippen LogP) is 1.46. The first kappa shape index (κ1) is 9.47. The second kappa shape index (κ2) is 3.25. The van der Waals surface area contributed by atoms with E-state index < -0.39 is 0 Å². The maximum atomic E-state index is 6.23. The Kier molecular flexibility index (Phi) is 2.37. The third-order valence-electron chi connectivity index (χ3n) is 3.95. The normalized spacial score (nSPS) is 39.0. The van der Waals surface area contributed by atoms with Gasteiger partial charge in [0.25, 0.3) is 0 Å². The molecule has 1 aliphatic heterocycles. The van der Waals surface area contributed by atoms with Gasteiger partial charge in [0, 0.05) is 25.2 Å². The summed E-state index contributed by atoms with van der Waals surface area (Å²) in [5.74, 6) is 1.73. The van der Waals surface area contributed by atoms with Crippen LogP contribution in [0.3, 0.4) is 0 Å². The Morgan fingerprint density at radius 1 is 1.23 bits per heavy atom. The molecule has 2 N–H and O–H groups in total. The van der Waals surface area contributed by atoms with Crippen LogP contribution in [0.4, 0.5) is 0 Å². The van der Waals surface area contributed by atoms with Gasteiger partial charge in [-0.1, -0.05) is 13.8 Å². The lowest BCUT2D eigenvalue weighted by molar-refractivity contribution is 0.161. The fraction of sp³-hybridized carbons (Fsp3) is 1.00. The summed E-state index contributed by atoms with van der Waals surface area (Å²) in [5.41, 5.74) is 6.42. The lowest BCUT2D eigenvalue weighted by atomic mass is 9.77. The zero-order chi connectivity index (χ0) is 9.47. The van der Waals surface area contributed by atoms with Crippen LogP contribution >= 0.6 is 0 Å². The summed E-state index contributed by atoms with van der Waals surface area (Å²) < 4.78 is 0. The van der Waals surface area contributed by atoms with Crippen LogP contribution < -0.4 is 5.73 Å². The summed E-state index contributed by atoms with van der Waals surface area (Å²) >= 11 is 0. The van der Waals surface area contributed by atoms with Crippen LogP contribution in [0.25, 0.3) is 0 Å². The Hall–Kier alpha value is -0.0800. The molecule has 0 aromatic heterocycles. The maximum absolute atomic E-state index is 6.23. The molecule has 2 atom stereocenters. The molecule has 2 aliphatic rings. The van der Waals surface area contributed by atoms with Gasteiger partial charge in [-0.2, -0.15) is 0 Å². The van der Waals surface area contributed by atoms with E-state index in [1.54, 1.807) is 0 Å². The van der Waals surface area contributed by atoms with Crippen molar-refractivity contribution in [2.75, 3.05) is 19.6 Å². The molecule has 2 fully saturated rings. The first-order valence-electron chi connectivity index (χ1n) is 5.60. The molecule has 76 valence electrons. The summed E-state index contributed by atoms with van der Waals surface area (Å²) in [5, 5.41) is 0. The van der Waals surface area contributed by atoms with Crippen molar-refractivity contribution in [3.05, 3.63) is 0 Å². The SMILES string of the molecule is CC1CN(CC2(N)CCC2)CC1C. The van der Waals surface area contributed by atoms with Gasteiger partial charge in [0.2, 0.25) is 0 Å². The van der Waals surface area contributed by atoms with E-state index in [1.807, 2.05) is 0 Å². The highest BCUT2D eigenvalue weighted by atomic mass is 15.2. The third-order valence-corrected chi connectivity index (χ3v) is 3.95. The number of nitrogens with two attached hydrogens (primary N) is 1. The molecule has 1 saturated heterocycles. The second-order valence-corrected chi connectivity index (χ2v) is 5.36. The molecule has 0 aromatic carbocycles. The minimum Gasteiger partial charge on any atom is -0.324 e. The van der Waals surface area contributed by atoms with Crippen LogP contribution in [0.15, 0.2) is 0 Å². The highest BCUT2D eigenvalue weighted by Gasteiger charge is 2.37. The largest absolute Gasteiger partial charge is 0.324 e. The van der Waals surface area contributed by atoms with E-state index in [4.69, 9.17) is 5.73 Å². The van der Waals surface area contributed by atoms with E-state index in [-0.39, 0.29) is 5.54 Å². The van der Waals surface area contributed by atoms with Crippen molar-refractivity contribution in [1.82, 2.24) is 4.90 Å². The molecule has 1 saturated carbocycles. The van der Waals surface area contributed by atoms with Crippen molar-refractivity contribution in [1.29, 1.82) is 0 Å². The highest BCUT2D eigenvalue weighted by Crippen LogP contribution is 2.32. The standard InChI is InChI=1S/C11H22N2/c1-9-6-13(7-10(9)2)8-11(12)4-3-5-11/h9-10H,3-8,12H2,1-2H3. The molecule has 13 heavy (non-hydrogen) atoms.